The topological polar surface area (TPSA) is 75.9 Å². The highest BCUT2D eigenvalue weighted by molar-refractivity contribution is 5.79. The van der Waals surface area contributed by atoms with Crippen LogP contribution in [0.25, 0.3) is 5.69 Å². The molecule has 1 aliphatic rings. The van der Waals surface area contributed by atoms with Crippen LogP contribution in [-0.4, -0.2) is 45.2 Å². The number of rotatable bonds is 5. The van der Waals surface area contributed by atoms with Gasteiger partial charge in [0, 0.05) is 19.1 Å². The maximum atomic E-state index is 13.9. The number of amides is 1. The second-order valence-electron chi connectivity index (χ2n) is 6.55. The molecule has 0 bridgehead atoms. The molecule has 0 radical (unpaired) electrons. The van der Waals surface area contributed by atoms with Gasteiger partial charge >= 0.3 is 0 Å². The zero-order valence-electron chi connectivity index (χ0n) is 14.6. The van der Waals surface area contributed by atoms with Gasteiger partial charge in [-0.05, 0) is 46.7 Å². The molecule has 0 spiro atoms. The number of halogens is 1. The van der Waals surface area contributed by atoms with Gasteiger partial charge in [0.2, 0.25) is 5.91 Å². The summed E-state index contributed by atoms with van der Waals surface area (Å²) in [4.78, 5) is 14.3. The Hall–Kier alpha value is -3.29. The smallest absolute Gasteiger partial charge is 0.224 e. The first-order chi connectivity index (χ1) is 13.2. The molecule has 1 saturated heterocycles. The molecule has 0 aliphatic carbocycles. The maximum absolute atomic E-state index is 13.9. The van der Waals surface area contributed by atoms with Crippen LogP contribution in [0, 0.1) is 5.82 Å². The molecule has 1 N–H and O–H groups in total. The van der Waals surface area contributed by atoms with Crippen LogP contribution < -0.4 is 10.2 Å². The van der Waals surface area contributed by atoms with Crippen LogP contribution >= 0.6 is 0 Å². The van der Waals surface area contributed by atoms with Gasteiger partial charge < -0.3 is 10.2 Å². The molecular weight excluding hydrogens is 347 g/mol. The monoisotopic (exact) mass is 366 g/mol. The Labute approximate surface area is 155 Å². The fourth-order valence-corrected chi connectivity index (χ4v) is 3.32. The summed E-state index contributed by atoms with van der Waals surface area (Å²) in [7, 11) is 0. The molecular formula is C19H19FN6O. The molecule has 1 amide bonds. The normalized spacial score (nSPS) is 16.5. The van der Waals surface area contributed by atoms with Crippen LogP contribution in [0.1, 0.15) is 12.0 Å². The maximum Gasteiger partial charge on any atom is 0.224 e. The largest absolute Gasteiger partial charge is 0.367 e. The van der Waals surface area contributed by atoms with Crippen molar-refractivity contribution in [2.75, 3.05) is 18.0 Å². The van der Waals surface area contributed by atoms with Crippen molar-refractivity contribution in [3.63, 3.8) is 0 Å². The summed E-state index contributed by atoms with van der Waals surface area (Å²) in [6, 6.07) is 14.3. The van der Waals surface area contributed by atoms with E-state index in [-0.39, 0.29) is 17.8 Å². The average Bonchev–Trinajstić information content (AvgIpc) is 3.35. The number of tetrazole rings is 1. The molecule has 0 saturated carbocycles. The molecule has 1 aromatic heterocycles. The molecule has 138 valence electrons. The average molecular weight is 366 g/mol. The van der Waals surface area contributed by atoms with Crippen molar-refractivity contribution in [2.24, 2.45) is 0 Å². The van der Waals surface area contributed by atoms with E-state index in [2.05, 4.69) is 20.8 Å². The van der Waals surface area contributed by atoms with Crippen molar-refractivity contribution in [2.45, 2.75) is 18.9 Å². The standard InChI is InChI=1S/C19H19FN6O/c20-17-3-1-2-4-18(17)25-10-9-15(12-25)22-19(27)11-14-5-7-16(8-6-14)26-13-21-23-24-26/h1-8,13,15H,9-12H2,(H,22,27). The van der Waals surface area contributed by atoms with Crippen molar-refractivity contribution < 1.29 is 9.18 Å². The minimum absolute atomic E-state index is 0.0256. The highest BCUT2D eigenvalue weighted by atomic mass is 19.1. The fraction of sp³-hybridized carbons (Fsp3) is 0.263. The number of hydrogen-bond acceptors (Lipinski definition) is 5. The van der Waals surface area contributed by atoms with Gasteiger partial charge in [0.25, 0.3) is 0 Å². The number of hydrogen-bond donors (Lipinski definition) is 1. The Morgan fingerprint density at radius 3 is 2.74 bits per heavy atom. The summed E-state index contributed by atoms with van der Waals surface area (Å²) in [6.07, 6.45) is 2.62. The van der Waals surface area contributed by atoms with E-state index in [1.54, 1.807) is 16.8 Å². The quantitative estimate of drug-likeness (QED) is 0.744. The highest BCUT2D eigenvalue weighted by Gasteiger charge is 2.25. The summed E-state index contributed by atoms with van der Waals surface area (Å²) in [5, 5.41) is 14.1. The van der Waals surface area contributed by atoms with Crippen LogP contribution in [-0.2, 0) is 11.2 Å². The molecule has 1 aliphatic heterocycles. The second-order valence-corrected chi connectivity index (χ2v) is 6.55. The third-order valence-electron chi connectivity index (χ3n) is 4.66. The number of nitrogens with one attached hydrogen (secondary N) is 1. The number of para-hydroxylation sites is 1. The van der Waals surface area contributed by atoms with Gasteiger partial charge in [-0.25, -0.2) is 9.07 Å². The molecule has 8 heteroatoms. The first kappa shape index (κ1) is 17.1. The van der Waals surface area contributed by atoms with Gasteiger partial charge in [0.15, 0.2) is 0 Å². The predicted molar refractivity (Wildman–Crippen MR) is 98.0 cm³/mol. The van der Waals surface area contributed by atoms with Crippen LogP contribution in [0.3, 0.4) is 0 Å². The number of aromatic nitrogens is 4. The van der Waals surface area contributed by atoms with Crippen molar-refractivity contribution in [1.82, 2.24) is 25.5 Å². The number of carbonyl (C=O) groups is 1. The van der Waals surface area contributed by atoms with E-state index in [0.717, 1.165) is 24.2 Å². The molecule has 2 heterocycles. The van der Waals surface area contributed by atoms with Crippen LogP contribution in [0.2, 0.25) is 0 Å². The molecule has 3 aromatic rings. The van der Waals surface area contributed by atoms with Gasteiger partial charge in [0.05, 0.1) is 17.8 Å². The van der Waals surface area contributed by atoms with Crippen molar-refractivity contribution >= 4 is 11.6 Å². The molecule has 2 aromatic carbocycles. The molecule has 27 heavy (non-hydrogen) atoms. The Morgan fingerprint density at radius 1 is 1.19 bits per heavy atom. The lowest BCUT2D eigenvalue weighted by Gasteiger charge is -2.19. The van der Waals surface area contributed by atoms with Gasteiger partial charge in [0.1, 0.15) is 12.1 Å². The number of nitrogens with zero attached hydrogens (tertiary/aromatic N) is 5. The van der Waals surface area contributed by atoms with Gasteiger partial charge in [-0.3, -0.25) is 4.79 Å². The summed E-state index contributed by atoms with van der Waals surface area (Å²) >= 11 is 0. The van der Waals surface area contributed by atoms with Gasteiger partial charge in [-0.1, -0.05) is 24.3 Å². The van der Waals surface area contributed by atoms with Crippen molar-refractivity contribution in [1.29, 1.82) is 0 Å². The predicted octanol–water partition coefficient (Wildman–Crippen LogP) is 1.74. The summed E-state index contributed by atoms with van der Waals surface area (Å²) in [6.45, 7) is 1.34. The SMILES string of the molecule is O=C(Cc1ccc(-n2cnnn2)cc1)NC1CCN(c2ccccc2F)C1. The Morgan fingerprint density at radius 2 is 2.00 bits per heavy atom. The van der Waals surface area contributed by atoms with Crippen molar-refractivity contribution in [3.8, 4) is 5.69 Å². The highest BCUT2D eigenvalue weighted by Crippen LogP contribution is 2.23. The second kappa shape index (κ2) is 7.53. The number of anilines is 1. The lowest BCUT2D eigenvalue weighted by Crippen LogP contribution is -2.38. The minimum Gasteiger partial charge on any atom is -0.367 e. The van der Waals surface area contributed by atoms with Crippen molar-refractivity contribution in [3.05, 3.63) is 66.2 Å². The van der Waals surface area contributed by atoms with E-state index in [9.17, 15) is 9.18 Å². The summed E-state index contributed by atoms with van der Waals surface area (Å²) < 4.78 is 15.5. The van der Waals surface area contributed by atoms with E-state index in [1.807, 2.05) is 35.2 Å². The summed E-state index contributed by atoms with van der Waals surface area (Å²) in [5.41, 5.74) is 2.33. The van der Waals surface area contributed by atoms with Crippen LogP contribution in [0.15, 0.2) is 54.9 Å². The lowest BCUT2D eigenvalue weighted by molar-refractivity contribution is -0.121. The Balaban J connectivity index is 1.32. The molecule has 7 nitrogen and oxygen atoms in total. The zero-order valence-corrected chi connectivity index (χ0v) is 14.6. The summed E-state index contributed by atoms with van der Waals surface area (Å²) in [5.74, 6) is -0.266. The van der Waals surface area contributed by atoms with E-state index in [0.29, 0.717) is 18.7 Å². The third kappa shape index (κ3) is 3.94. The molecule has 1 fully saturated rings. The minimum atomic E-state index is -0.229. The molecule has 4 rings (SSSR count). The number of carbonyl (C=O) groups excluding carboxylic acids is 1. The fourth-order valence-electron chi connectivity index (χ4n) is 3.32. The van der Waals surface area contributed by atoms with Crippen LogP contribution in [0.5, 0.6) is 0 Å². The van der Waals surface area contributed by atoms with E-state index >= 15 is 0 Å². The molecule has 1 unspecified atom stereocenters. The Bertz CT molecular complexity index is 912. The van der Waals surface area contributed by atoms with E-state index in [4.69, 9.17) is 0 Å². The van der Waals surface area contributed by atoms with E-state index in [1.165, 1.54) is 12.4 Å². The van der Waals surface area contributed by atoms with E-state index < -0.39 is 0 Å². The zero-order chi connectivity index (χ0) is 18.6. The first-order valence-electron chi connectivity index (χ1n) is 8.80. The lowest BCUT2D eigenvalue weighted by atomic mass is 10.1. The third-order valence-corrected chi connectivity index (χ3v) is 4.66. The first-order valence-corrected chi connectivity index (χ1v) is 8.80. The van der Waals surface area contributed by atoms with Crippen LogP contribution in [0.4, 0.5) is 10.1 Å². The Kier molecular flexibility index (Phi) is 4.78. The number of benzene rings is 2. The van der Waals surface area contributed by atoms with Gasteiger partial charge in [-0.15, -0.1) is 5.10 Å². The molecule has 1 atom stereocenters. The van der Waals surface area contributed by atoms with Gasteiger partial charge in [-0.2, -0.15) is 0 Å².